The number of hydrogen-bond donors (Lipinski definition) is 1. The van der Waals surface area contributed by atoms with Gasteiger partial charge in [-0.1, -0.05) is 26.2 Å². The molecule has 2 aliphatic heterocycles. The van der Waals surface area contributed by atoms with E-state index >= 15 is 0 Å². The molecule has 1 saturated carbocycles. The maximum Gasteiger partial charge on any atom is 0.249 e. The van der Waals surface area contributed by atoms with Crippen LogP contribution in [0, 0.1) is 0 Å². The molecule has 1 saturated heterocycles. The molecular weight excluding hydrogens is 380 g/mol. The first kappa shape index (κ1) is 20.7. The van der Waals surface area contributed by atoms with Crippen molar-refractivity contribution in [3.63, 3.8) is 0 Å². The Morgan fingerprint density at radius 2 is 2.10 bits per heavy atom. The van der Waals surface area contributed by atoms with Crippen LogP contribution in [-0.2, 0) is 16.1 Å². The molecule has 30 heavy (non-hydrogen) atoms. The maximum absolute atomic E-state index is 12.5. The summed E-state index contributed by atoms with van der Waals surface area (Å²) in [4.78, 5) is 33.1. The lowest BCUT2D eigenvalue weighted by molar-refractivity contribution is -0.132. The fraction of sp³-hybridized carbons (Fsp3) is 0.609. The quantitative estimate of drug-likeness (QED) is 0.697. The van der Waals surface area contributed by atoms with Gasteiger partial charge in [0.05, 0.1) is 12.3 Å². The van der Waals surface area contributed by atoms with Crippen molar-refractivity contribution < 1.29 is 14.3 Å². The van der Waals surface area contributed by atoms with Crippen LogP contribution in [0.4, 0.5) is 5.69 Å². The number of amides is 2. The first-order valence-electron chi connectivity index (χ1n) is 11.2. The Balaban J connectivity index is 1.27. The Kier molecular flexibility index (Phi) is 6.25. The molecule has 7 nitrogen and oxygen atoms in total. The molecule has 0 spiro atoms. The summed E-state index contributed by atoms with van der Waals surface area (Å²) in [6.07, 6.45) is 8.00. The lowest BCUT2D eigenvalue weighted by Crippen LogP contribution is -2.38. The number of fused-ring (bicyclic) bond motifs is 2. The lowest BCUT2D eigenvalue weighted by atomic mass is 9.94. The fourth-order valence-corrected chi connectivity index (χ4v) is 4.68. The third-order valence-electron chi connectivity index (χ3n) is 6.51. The molecule has 0 radical (unpaired) electrons. The third kappa shape index (κ3) is 4.30. The van der Waals surface area contributed by atoms with Crippen LogP contribution in [0.15, 0.2) is 23.2 Å². The number of rotatable bonds is 7. The van der Waals surface area contributed by atoms with Gasteiger partial charge in [-0.05, 0) is 43.9 Å². The van der Waals surface area contributed by atoms with E-state index in [0.29, 0.717) is 38.0 Å². The number of ether oxygens (including phenoxy) is 1. The molecule has 0 aromatic heterocycles. The topological polar surface area (TPSA) is 74.2 Å². The van der Waals surface area contributed by atoms with Gasteiger partial charge in [0, 0.05) is 31.6 Å². The monoisotopic (exact) mass is 412 g/mol. The fourth-order valence-electron chi connectivity index (χ4n) is 4.68. The van der Waals surface area contributed by atoms with Crippen LogP contribution >= 0.6 is 0 Å². The Morgan fingerprint density at radius 3 is 2.87 bits per heavy atom. The van der Waals surface area contributed by atoms with Crippen LogP contribution in [-0.4, -0.2) is 53.3 Å². The number of carbonyl (C=O) groups excluding carboxylic acids is 2. The summed E-state index contributed by atoms with van der Waals surface area (Å²) in [5.41, 5.74) is 1.93. The van der Waals surface area contributed by atoms with Crippen molar-refractivity contribution in [3.05, 3.63) is 23.8 Å². The molecule has 2 heterocycles. The van der Waals surface area contributed by atoms with Crippen LogP contribution in [0.2, 0.25) is 0 Å². The van der Waals surface area contributed by atoms with Crippen molar-refractivity contribution in [2.24, 2.45) is 4.99 Å². The molecule has 1 atom stereocenters. The largest absolute Gasteiger partial charge is 0.494 e. The maximum atomic E-state index is 12.5. The van der Waals surface area contributed by atoms with Crippen molar-refractivity contribution in [1.29, 1.82) is 0 Å². The van der Waals surface area contributed by atoms with Gasteiger partial charge in [-0.3, -0.25) is 14.9 Å². The zero-order valence-electron chi connectivity index (χ0n) is 18.0. The van der Waals surface area contributed by atoms with E-state index in [1.165, 1.54) is 19.3 Å². The van der Waals surface area contributed by atoms with Gasteiger partial charge in [-0.2, -0.15) is 0 Å². The molecule has 1 aliphatic carbocycles. The van der Waals surface area contributed by atoms with Gasteiger partial charge in [0.15, 0.2) is 0 Å². The van der Waals surface area contributed by atoms with E-state index in [9.17, 15) is 9.59 Å². The number of carbonyl (C=O) groups is 2. The smallest absolute Gasteiger partial charge is 0.249 e. The van der Waals surface area contributed by atoms with Gasteiger partial charge in [0.25, 0.3) is 0 Å². The summed E-state index contributed by atoms with van der Waals surface area (Å²) in [7, 11) is 1.94. The van der Waals surface area contributed by atoms with Crippen molar-refractivity contribution >= 4 is 23.5 Å². The molecule has 1 aromatic rings. The van der Waals surface area contributed by atoms with Crippen molar-refractivity contribution in [1.82, 2.24) is 15.1 Å². The average molecular weight is 413 g/mol. The summed E-state index contributed by atoms with van der Waals surface area (Å²) in [5, 5.41) is 2.87. The van der Waals surface area contributed by atoms with Crippen molar-refractivity contribution in [3.8, 4) is 5.75 Å². The van der Waals surface area contributed by atoms with Gasteiger partial charge in [-0.15, -0.1) is 0 Å². The summed E-state index contributed by atoms with van der Waals surface area (Å²) < 4.78 is 5.91. The van der Waals surface area contributed by atoms with Crippen LogP contribution in [0.25, 0.3) is 0 Å². The number of nitrogens with one attached hydrogen (secondary N) is 1. The molecule has 162 valence electrons. The molecular formula is C23H32N4O3. The second-order valence-electron chi connectivity index (χ2n) is 8.52. The molecule has 4 rings (SSSR count). The molecule has 3 aliphatic rings. The SMILES string of the molecule is CC[C@H]1C(=O)NC2=Nc3ccc(OCCCC(=O)N(C)C4CCCCC4)cc3CN21. The summed E-state index contributed by atoms with van der Waals surface area (Å²) in [6.45, 7) is 3.17. The zero-order chi connectivity index (χ0) is 21.1. The van der Waals surface area contributed by atoms with Gasteiger partial charge in [0.2, 0.25) is 17.8 Å². The Bertz CT molecular complexity index is 832. The van der Waals surface area contributed by atoms with Crippen LogP contribution in [0.5, 0.6) is 5.75 Å². The van der Waals surface area contributed by atoms with Gasteiger partial charge in [-0.25, -0.2) is 4.99 Å². The highest BCUT2D eigenvalue weighted by Gasteiger charge is 2.37. The minimum Gasteiger partial charge on any atom is -0.494 e. The molecule has 2 amide bonds. The van der Waals surface area contributed by atoms with E-state index in [-0.39, 0.29) is 17.9 Å². The Morgan fingerprint density at radius 1 is 1.30 bits per heavy atom. The Labute approximate surface area is 178 Å². The van der Waals surface area contributed by atoms with E-state index < -0.39 is 0 Å². The lowest BCUT2D eigenvalue weighted by Gasteiger charge is -2.31. The van der Waals surface area contributed by atoms with Crippen molar-refractivity contribution in [2.75, 3.05) is 13.7 Å². The molecule has 0 bridgehead atoms. The minimum absolute atomic E-state index is 0.0170. The first-order chi connectivity index (χ1) is 14.6. The second-order valence-corrected chi connectivity index (χ2v) is 8.52. The van der Waals surface area contributed by atoms with E-state index in [1.54, 1.807) is 0 Å². The van der Waals surface area contributed by atoms with Crippen LogP contribution in [0.3, 0.4) is 0 Å². The number of benzene rings is 1. The predicted octanol–water partition coefficient (Wildman–Crippen LogP) is 3.35. The molecule has 1 N–H and O–H groups in total. The van der Waals surface area contributed by atoms with Crippen molar-refractivity contribution in [2.45, 2.75) is 76.9 Å². The molecule has 0 unspecified atom stereocenters. The summed E-state index contributed by atoms with van der Waals surface area (Å²) in [6, 6.07) is 6.09. The number of nitrogens with zero attached hydrogens (tertiary/aromatic N) is 3. The van der Waals surface area contributed by atoms with Gasteiger partial charge in [0.1, 0.15) is 11.8 Å². The highest BCUT2D eigenvalue weighted by molar-refractivity contribution is 6.07. The molecule has 2 fully saturated rings. The van der Waals surface area contributed by atoms with Gasteiger partial charge >= 0.3 is 0 Å². The van der Waals surface area contributed by atoms with E-state index in [0.717, 1.165) is 36.3 Å². The summed E-state index contributed by atoms with van der Waals surface area (Å²) in [5.74, 6) is 1.67. The van der Waals surface area contributed by atoms with Crippen LogP contribution < -0.4 is 10.1 Å². The first-order valence-corrected chi connectivity index (χ1v) is 11.2. The Hall–Kier alpha value is -2.57. The molecule has 7 heteroatoms. The van der Waals surface area contributed by atoms with E-state index in [1.807, 2.05) is 42.0 Å². The summed E-state index contributed by atoms with van der Waals surface area (Å²) >= 11 is 0. The van der Waals surface area contributed by atoms with Crippen LogP contribution in [0.1, 0.15) is 63.9 Å². The highest BCUT2D eigenvalue weighted by atomic mass is 16.5. The third-order valence-corrected chi connectivity index (χ3v) is 6.51. The number of aliphatic imine (C=N–C) groups is 1. The highest BCUT2D eigenvalue weighted by Crippen LogP contribution is 2.32. The second kappa shape index (κ2) is 9.06. The van der Waals surface area contributed by atoms with E-state index in [2.05, 4.69) is 10.3 Å². The number of guanidine groups is 1. The normalized spacial score (nSPS) is 20.9. The zero-order valence-corrected chi connectivity index (χ0v) is 18.0. The molecule has 1 aromatic carbocycles. The van der Waals surface area contributed by atoms with Gasteiger partial charge < -0.3 is 14.5 Å². The standard InChI is InChI=1S/C23H32N4O3/c1-3-20-22(29)25-23-24-19-12-11-18(14-16(19)15-27(20)23)30-13-7-10-21(28)26(2)17-8-5-4-6-9-17/h11-12,14,17,20H,3-10,13,15H2,1-2H3,(H,24,25,29)/t20-/m0/s1. The minimum atomic E-state index is -0.159. The van der Waals surface area contributed by atoms with E-state index in [4.69, 9.17) is 4.74 Å². The average Bonchev–Trinajstić information content (AvgIpc) is 3.08. The predicted molar refractivity (Wildman–Crippen MR) is 116 cm³/mol. The number of hydrogen-bond acceptors (Lipinski definition) is 5.